The number of hydrogen-bond acceptors (Lipinski definition) is 6. The molecule has 0 aliphatic carbocycles. The molecule has 4 rings (SSSR count). The van der Waals surface area contributed by atoms with Crippen LogP contribution < -0.4 is 14.8 Å². The molecule has 9 heteroatoms. The summed E-state index contributed by atoms with van der Waals surface area (Å²) in [5, 5.41) is 2.62. The van der Waals surface area contributed by atoms with Gasteiger partial charge in [-0.3, -0.25) is 5.32 Å². The number of nitrogens with one attached hydrogen (secondary N) is 1. The molecule has 1 amide bonds. The van der Waals surface area contributed by atoms with Crippen LogP contribution in [0.25, 0.3) is 22.7 Å². The van der Waals surface area contributed by atoms with Gasteiger partial charge in [0.2, 0.25) is 5.89 Å². The molecule has 0 atom stereocenters. The summed E-state index contributed by atoms with van der Waals surface area (Å²) in [5.74, 6) is 0.415. The zero-order chi connectivity index (χ0) is 20.2. The molecule has 0 aliphatic rings. The van der Waals surface area contributed by atoms with Gasteiger partial charge < -0.3 is 13.9 Å². The first-order valence-electron chi connectivity index (χ1n) is 8.43. The smallest absolute Gasteiger partial charge is 0.417 e. The third-order valence-corrected chi connectivity index (χ3v) is 3.82. The highest BCUT2D eigenvalue weighted by Gasteiger charge is 2.15. The molecule has 0 aliphatic heterocycles. The minimum atomic E-state index is -2.93. The van der Waals surface area contributed by atoms with Gasteiger partial charge in [0.25, 0.3) is 0 Å². The van der Waals surface area contributed by atoms with Crippen molar-refractivity contribution in [3.8, 4) is 23.0 Å². The van der Waals surface area contributed by atoms with Crippen molar-refractivity contribution in [2.24, 2.45) is 0 Å². The van der Waals surface area contributed by atoms with Gasteiger partial charge in [-0.2, -0.15) is 13.8 Å². The van der Waals surface area contributed by atoms with Gasteiger partial charge in [0.1, 0.15) is 11.5 Å². The Morgan fingerprint density at radius 1 is 1.00 bits per heavy atom. The predicted molar refractivity (Wildman–Crippen MR) is 100.0 cm³/mol. The molecule has 0 fully saturated rings. The summed E-state index contributed by atoms with van der Waals surface area (Å²) in [5.41, 5.74) is 1.93. The molecule has 0 spiro atoms. The quantitative estimate of drug-likeness (QED) is 0.504. The molecule has 0 bridgehead atoms. The van der Waals surface area contributed by atoms with Gasteiger partial charge in [-0.15, -0.1) is 0 Å². The molecule has 0 radical (unpaired) electrons. The van der Waals surface area contributed by atoms with Crippen molar-refractivity contribution in [3.63, 3.8) is 0 Å². The maximum atomic E-state index is 12.3. The van der Waals surface area contributed by atoms with Crippen LogP contribution in [0.4, 0.5) is 19.3 Å². The van der Waals surface area contributed by atoms with Gasteiger partial charge in [-0.1, -0.05) is 12.1 Å². The Hall–Kier alpha value is -4.01. The van der Waals surface area contributed by atoms with E-state index >= 15 is 0 Å². The lowest BCUT2D eigenvalue weighted by molar-refractivity contribution is -0.0498. The summed E-state index contributed by atoms with van der Waals surface area (Å²) in [6.07, 6.45) is 0.836. The fourth-order valence-corrected chi connectivity index (χ4v) is 2.59. The van der Waals surface area contributed by atoms with E-state index < -0.39 is 12.7 Å². The monoisotopic (exact) mass is 397 g/mol. The highest BCUT2D eigenvalue weighted by atomic mass is 19.3. The van der Waals surface area contributed by atoms with Crippen LogP contribution in [0.15, 0.2) is 71.3 Å². The maximum absolute atomic E-state index is 12.3. The van der Waals surface area contributed by atoms with E-state index in [4.69, 9.17) is 9.15 Å². The Kier molecular flexibility index (Phi) is 5.02. The van der Waals surface area contributed by atoms with Crippen molar-refractivity contribution in [1.82, 2.24) is 9.97 Å². The largest absolute Gasteiger partial charge is 0.435 e. The Bertz CT molecular complexity index is 1110. The van der Waals surface area contributed by atoms with E-state index in [0.29, 0.717) is 28.4 Å². The van der Waals surface area contributed by atoms with Crippen LogP contribution in [-0.4, -0.2) is 22.7 Å². The lowest BCUT2D eigenvalue weighted by Crippen LogP contribution is -2.17. The van der Waals surface area contributed by atoms with Crippen molar-refractivity contribution >= 4 is 23.0 Å². The van der Waals surface area contributed by atoms with E-state index in [-0.39, 0.29) is 11.5 Å². The Morgan fingerprint density at radius 2 is 1.76 bits per heavy atom. The van der Waals surface area contributed by atoms with Gasteiger partial charge in [0.05, 0.1) is 11.3 Å². The highest BCUT2D eigenvalue weighted by Crippen LogP contribution is 2.29. The minimum absolute atomic E-state index is 0.0392. The highest BCUT2D eigenvalue weighted by molar-refractivity contribution is 5.91. The molecule has 0 saturated carbocycles. The van der Waals surface area contributed by atoms with E-state index in [0.717, 1.165) is 0 Å². The van der Waals surface area contributed by atoms with Gasteiger partial charge >= 0.3 is 12.7 Å². The van der Waals surface area contributed by atoms with Crippen molar-refractivity contribution in [2.75, 3.05) is 5.32 Å². The Morgan fingerprint density at radius 3 is 2.52 bits per heavy atom. The number of benzene rings is 2. The van der Waals surface area contributed by atoms with Crippen LogP contribution in [0.5, 0.6) is 11.5 Å². The Balaban J connectivity index is 1.50. The van der Waals surface area contributed by atoms with Crippen LogP contribution in [0.3, 0.4) is 0 Å². The van der Waals surface area contributed by atoms with E-state index in [9.17, 15) is 13.6 Å². The van der Waals surface area contributed by atoms with Crippen LogP contribution in [-0.2, 0) is 0 Å². The SMILES string of the molecule is O=C(Nc1ccccc1-c1nc2ncccc2o1)Oc1ccc(OC(F)F)cc1. The zero-order valence-corrected chi connectivity index (χ0v) is 14.7. The summed E-state index contributed by atoms with van der Waals surface area (Å²) in [6, 6.07) is 15.6. The first kappa shape index (κ1) is 18.4. The topological polar surface area (TPSA) is 86.5 Å². The molecular formula is C20H13F2N3O4. The van der Waals surface area contributed by atoms with Gasteiger partial charge in [0, 0.05) is 6.20 Å². The average Bonchev–Trinajstić information content (AvgIpc) is 3.13. The van der Waals surface area contributed by atoms with Crippen molar-refractivity contribution in [3.05, 3.63) is 66.9 Å². The number of anilines is 1. The number of amides is 1. The molecule has 0 saturated heterocycles. The first-order valence-corrected chi connectivity index (χ1v) is 8.43. The third kappa shape index (κ3) is 4.29. The predicted octanol–water partition coefficient (Wildman–Crippen LogP) is 5.10. The molecule has 1 N–H and O–H groups in total. The Labute approximate surface area is 162 Å². The fraction of sp³-hybridized carbons (Fsp3) is 0.0500. The van der Waals surface area contributed by atoms with Crippen molar-refractivity contribution in [2.45, 2.75) is 6.61 Å². The number of alkyl halides is 2. The fourth-order valence-electron chi connectivity index (χ4n) is 2.59. The summed E-state index contributed by atoms with van der Waals surface area (Å²) in [6.45, 7) is -2.93. The summed E-state index contributed by atoms with van der Waals surface area (Å²) in [7, 11) is 0. The van der Waals surface area contributed by atoms with Crippen LogP contribution in [0.2, 0.25) is 0 Å². The summed E-state index contributed by atoms with van der Waals surface area (Å²) < 4.78 is 39.5. The summed E-state index contributed by atoms with van der Waals surface area (Å²) >= 11 is 0. The van der Waals surface area contributed by atoms with Gasteiger partial charge in [-0.05, 0) is 48.5 Å². The molecule has 0 unspecified atom stereocenters. The van der Waals surface area contributed by atoms with Crippen LogP contribution in [0, 0.1) is 0 Å². The lowest BCUT2D eigenvalue weighted by atomic mass is 10.2. The number of ether oxygens (including phenoxy) is 2. The molecule has 29 heavy (non-hydrogen) atoms. The number of rotatable bonds is 5. The van der Waals surface area contributed by atoms with Crippen molar-refractivity contribution in [1.29, 1.82) is 0 Å². The zero-order valence-electron chi connectivity index (χ0n) is 14.7. The van der Waals surface area contributed by atoms with E-state index in [2.05, 4.69) is 20.0 Å². The van der Waals surface area contributed by atoms with Gasteiger partial charge in [-0.25, -0.2) is 9.78 Å². The normalized spacial score (nSPS) is 10.9. The number of nitrogens with zero attached hydrogens (tertiary/aromatic N) is 2. The summed E-state index contributed by atoms with van der Waals surface area (Å²) in [4.78, 5) is 20.7. The van der Waals surface area contributed by atoms with Crippen molar-refractivity contribution < 1.29 is 27.5 Å². The second-order valence-electron chi connectivity index (χ2n) is 5.75. The van der Waals surface area contributed by atoms with E-state index in [1.807, 2.05) is 0 Å². The number of carbonyl (C=O) groups excluding carboxylic acids is 1. The standard InChI is InChI=1S/C20H13F2N3O4/c21-19(22)27-12-7-9-13(10-8-12)28-20(26)24-15-5-2-1-4-14(15)18-25-17-16(29-18)6-3-11-23-17/h1-11,19H,(H,24,26). The average molecular weight is 397 g/mol. The van der Waals surface area contributed by atoms with Gasteiger partial charge in [0.15, 0.2) is 11.2 Å². The first-order chi connectivity index (χ1) is 14.1. The second-order valence-corrected chi connectivity index (χ2v) is 5.75. The number of hydrogen-bond donors (Lipinski definition) is 1. The number of halogens is 2. The van der Waals surface area contributed by atoms with E-state index in [1.54, 1.807) is 42.6 Å². The van der Waals surface area contributed by atoms with E-state index in [1.165, 1.54) is 24.3 Å². The molecule has 4 aromatic rings. The number of para-hydroxylation sites is 1. The molecule has 146 valence electrons. The molecule has 2 aromatic heterocycles. The number of pyridine rings is 1. The third-order valence-electron chi connectivity index (χ3n) is 3.82. The number of oxazole rings is 1. The number of fused-ring (bicyclic) bond motifs is 1. The number of aromatic nitrogens is 2. The molecule has 2 heterocycles. The lowest BCUT2D eigenvalue weighted by Gasteiger charge is -2.10. The number of carbonyl (C=O) groups is 1. The molecule has 2 aromatic carbocycles. The minimum Gasteiger partial charge on any atom is -0.435 e. The van der Waals surface area contributed by atoms with Crippen LogP contribution in [0.1, 0.15) is 0 Å². The molecular weight excluding hydrogens is 384 g/mol. The van der Waals surface area contributed by atoms with Crippen LogP contribution >= 0.6 is 0 Å². The molecule has 7 nitrogen and oxygen atoms in total. The maximum Gasteiger partial charge on any atom is 0.417 e. The second kappa shape index (κ2) is 7.93.